The molecule has 1 heterocycles. The number of aromatic amines is 1. The lowest BCUT2D eigenvalue weighted by atomic mass is 10.2. The smallest absolute Gasteiger partial charge is 0.321 e. The Kier molecular flexibility index (Phi) is 6.33. The fraction of sp³-hybridized carbons (Fsp3) is 0.444. The number of carbonyl (C=O) groups is 2. The van der Waals surface area contributed by atoms with Crippen molar-refractivity contribution in [2.24, 2.45) is 0 Å². The predicted molar refractivity (Wildman–Crippen MR) is 103 cm³/mol. The first-order chi connectivity index (χ1) is 13.0. The Morgan fingerprint density at radius 2 is 1.96 bits per heavy atom. The normalized spacial score (nSPS) is 15.3. The standard InChI is InChI=1S/C18H23N5O3S/c1-11(16(24)21-17(25)19-13-5-3-4-6-13)27-18-20-15(22-23-18)12-7-9-14(26-2)10-8-12/h7-11,13H,3-6H2,1-2H3,(H,20,22,23)(H2,19,21,24,25)/t11-/m1/s1. The summed E-state index contributed by atoms with van der Waals surface area (Å²) in [6.07, 6.45) is 4.17. The number of methoxy groups -OCH3 is 1. The van der Waals surface area contributed by atoms with E-state index in [0.717, 1.165) is 37.0 Å². The zero-order valence-corrected chi connectivity index (χ0v) is 16.1. The molecule has 27 heavy (non-hydrogen) atoms. The second kappa shape index (κ2) is 8.90. The summed E-state index contributed by atoms with van der Waals surface area (Å²) in [5.41, 5.74) is 0.864. The maximum absolute atomic E-state index is 12.2. The Morgan fingerprint density at radius 1 is 1.26 bits per heavy atom. The van der Waals surface area contributed by atoms with Crippen molar-refractivity contribution in [1.29, 1.82) is 0 Å². The van der Waals surface area contributed by atoms with Crippen LogP contribution in [0.2, 0.25) is 0 Å². The first-order valence-electron chi connectivity index (χ1n) is 8.90. The second-order valence-electron chi connectivity index (χ2n) is 6.40. The maximum Gasteiger partial charge on any atom is 0.321 e. The molecule has 1 aliphatic carbocycles. The van der Waals surface area contributed by atoms with E-state index in [4.69, 9.17) is 4.74 Å². The largest absolute Gasteiger partial charge is 0.497 e. The van der Waals surface area contributed by atoms with Gasteiger partial charge in [0.1, 0.15) is 5.75 Å². The number of thioether (sulfide) groups is 1. The van der Waals surface area contributed by atoms with Gasteiger partial charge in [-0.1, -0.05) is 24.6 Å². The molecule has 1 aliphatic rings. The lowest BCUT2D eigenvalue weighted by Crippen LogP contribution is -2.45. The van der Waals surface area contributed by atoms with Crippen LogP contribution in [0.15, 0.2) is 29.4 Å². The summed E-state index contributed by atoms with van der Waals surface area (Å²) in [5, 5.41) is 12.2. The van der Waals surface area contributed by atoms with Crippen molar-refractivity contribution in [2.75, 3.05) is 7.11 Å². The third-order valence-corrected chi connectivity index (χ3v) is 5.37. The molecule has 144 valence electrons. The summed E-state index contributed by atoms with van der Waals surface area (Å²) in [6, 6.07) is 7.15. The van der Waals surface area contributed by atoms with Gasteiger partial charge in [-0.05, 0) is 44.0 Å². The van der Waals surface area contributed by atoms with Crippen molar-refractivity contribution in [3.05, 3.63) is 24.3 Å². The van der Waals surface area contributed by atoms with E-state index in [-0.39, 0.29) is 11.9 Å². The molecule has 0 saturated heterocycles. The number of ether oxygens (including phenoxy) is 1. The number of carbonyl (C=O) groups excluding carboxylic acids is 2. The van der Waals surface area contributed by atoms with Crippen molar-refractivity contribution >= 4 is 23.7 Å². The van der Waals surface area contributed by atoms with Crippen LogP contribution in [0.3, 0.4) is 0 Å². The van der Waals surface area contributed by atoms with Crippen LogP contribution in [0, 0.1) is 0 Å². The van der Waals surface area contributed by atoms with Gasteiger partial charge in [-0.25, -0.2) is 9.78 Å². The molecule has 0 aliphatic heterocycles. The SMILES string of the molecule is COc1ccc(-c2nc(S[C@H](C)C(=O)NC(=O)NC3CCCC3)n[nH]2)cc1. The summed E-state index contributed by atoms with van der Waals surface area (Å²) in [6.45, 7) is 1.71. The average Bonchev–Trinajstić information content (AvgIpc) is 3.33. The average molecular weight is 389 g/mol. The molecular formula is C18H23N5O3S. The minimum atomic E-state index is -0.501. The Balaban J connectivity index is 1.52. The molecular weight excluding hydrogens is 366 g/mol. The van der Waals surface area contributed by atoms with Gasteiger partial charge in [0.15, 0.2) is 5.82 Å². The van der Waals surface area contributed by atoms with E-state index >= 15 is 0 Å². The molecule has 3 amide bonds. The quantitative estimate of drug-likeness (QED) is 0.656. The summed E-state index contributed by atoms with van der Waals surface area (Å²) in [5.74, 6) is 0.993. The predicted octanol–water partition coefficient (Wildman–Crippen LogP) is 2.73. The topological polar surface area (TPSA) is 109 Å². The Bertz CT molecular complexity index is 787. The molecule has 1 saturated carbocycles. The summed E-state index contributed by atoms with van der Waals surface area (Å²) in [4.78, 5) is 28.5. The number of aromatic nitrogens is 3. The van der Waals surface area contributed by atoms with E-state index in [1.807, 2.05) is 24.3 Å². The molecule has 9 heteroatoms. The summed E-state index contributed by atoms with van der Waals surface area (Å²) < 4.78 is 5.14. The Morgan fingerprint density at radius 3 is 2.63 bits per heavy atom. The number of nitrogens with one attached hydrogen (secondary N) is 3. The number of rotatable bonds is 6. The molecule has 3 rings (SSSR count). The lowest BCUT2D eigenvalue weighted by molar-refractivity contribution is -0.119. The van der Waals surface area contributed by atoms with E-state index in [9.17, 15) is 9.59 Å². The lowest BCUT2D eigenvalue weighted by Gasteiger charge is -2.14. The number of hydrogen-bond donors (Lipinski definition) is 3. The third-order valence-electron chi connectivity index (χ3n) is 4.41. The van der Waals surface area contributed by atoms with Crippen LogP contribution in [-0.2, 0) is 4.79 Å². The highest BCUT2D eigenvalue weighted by Crippen LogP contribution is 2.24. The van der Waals surface area contributed by atoms with E-state index in [1.54, 1.807) is 14.0 Å². The Hall–Kier alpha value is -2.55. The van der Waals surface area contributed by atoms with E-state index in [1.165, 1.54) is 11.8 Å². The zero-order valence-electron chi connectivity index (χ0n) is 15.3. The van der Waals surface area contributed by atoms with Crippen molar-refractivity contribution in [2.45, 2.75) is 49.1 Å². The van der Waals surface area contributed by atoms with Crippen LogP contribution < -0.4 is 15.4 Å². The fourth-order valence-corrected chi connectivity index (χ4v) is 3.62. The fourth-order valence-electron chi connectivity index (χ4n) is 2.89. The van der Waals surface area contributed by atoms with Gasteiger partial charge in [0, 0.05) is 11.6 Å². The third kappa shape index (κ3) is 5.22. The highest BCUT2D eigenvalue weighted by atomic mass is 32.2. The summed E-state index contributed by atoms with van der Waals surface area (Å²) in [7, 11) is 1.61. The maximum atomic E-state index is 12.2. The van der Waals surface area contributed by atoms with Gasteiger partial charge in [0.2, 0.25) is 11.1 Å². The van der Waals surface area contributed by atoms with Gasteiger partial charge < -0.3 is 10.1 Å². The molecule has 1 fully saturated rings. The van der Waals surface area contributed by atoms with Crippen molar-refractivity contribution < 1.29 is 14.3 Å². The van der Waals surface area contributed by atoms with Gasteiger partial charge in [0.25, 0.3) is 0 Å². The van der Waals surface area contributed by atoms with Crippen molar-refractivity contribution in [3.63, 3.8) is 0 Å². The number of benzene rings is 1. The minimum Gasteiger partial charge on any atom is -0.497 e. The van der Waals surface area contributed by atoms with Crippen LogP contribution in [0.5, 0.6) is 5.75 Å². The van der Waals surface area contributed by atoms with Gasteiger partial charge in [-0.2, -0.15) is 0 Å². The highest BCUT2D eigenvalue weighted by Gasteiger charge is 2.22. The number of imide groups is 1. The van der Waals surface area contributed by atoms with Crippen LogP contribution in [0.25, 0.3) is 11.4 Å². The van der Waals surface area contributed by atoms with Crippen LogP contribution in [0.1, 0.15) is 32.6 Å². The summed E-state index contributed by atoms with van der Waals surface area (Å²) >= 11 is 1.19. The van der Waals surface area contributed by atoms with E-state index in [0.29, 0.717) is 11.0 Å². The van der Waals surface area contributed by atoms with Gasteiger partial charge in [-0.15, -0.1) is 5.10 Å². The van der Waals surface area contributed by atoms with Gasteiger partial charge in [0.05, 0.1) is 12.4 Å². The van der Waals surface area contributed by atoms with Crippen LogP contribution in [-0.4, -0.2) is 45.5 Å². The molecule has 0 spiro atoms. The number of H-pyrrole nitrogens is 1. The molecule has 1 aromatic heterocycles. The van der Waals surface area contributed by atoms with Gasteiger partial charge >= 0.3 is 6.03 Å². The van der Waals surface area contributed by atoms with Gasteiger partial charge in [-0.3, -0.25) is 15.2 Å². The molecule has 2 aromatic rings. The van der Waals surface area contributed by atoms with Crippen LogP contribution in [0.4, 0.5) is 4.79 Å². The Labute approximate surface area is 161 Å². The molecule has 0 bridgehead atoms. The molecule has 0 unspecified atom stereocenters. The monoisotopic (exact) mass is 389 g/mol. The van der Waals surface area contributed by atoms with Crippen molar-refractivity contribution in [3.8, 4) is 17.1 Å². The van der Waals surface area contributed by atoms with Crippen molar-refractivity contribution in [1.82, 2.24) is 25.8 Å². The molecule has 3 N–H and O–H groups in total. The number of nitrogens with zero attached hydrogens (tertiary/aromatic N) is 2. The first kappa shape index (κ1) is 19.2. The van der Waals surface area contributed by atoms with E-state index < -0.39 is 11.3 Å². The number of urea groups is 1. The molecule has 1 atom stereocenters. The zero-order chi connectivity index (χ0) is 19.2. The van der Waals surface area contributed by atoms with Crippen LogP contribution >= 0.6 is 11.8 Å². The van der Waals surface area contributed by atoms with E-state index in [2.05, 4.69) is 25.8 Å². The first-order valence-corrected chi connectivity index (χ1v) is 9.78. The molecule has 0 radical (unpaired) electrons. The number of amides is 3. The number of hydrogen-bond acceptors (Lipinski definition) is 6. The minimum absolute atomic E-state index is 0.167. The second-order valence-corrected chi connectivity index (χ2v) is 7.71. The highest BCUT2D eigenvalue weighted by molar-refractivity contribution is 8.00. The molecule has 8 nitrogen and oxygen atoms in total. The molecule has 1 aromatic carbocycles.